The average Bonchev–Trinajstić information content (AvgIpc) is 2.58. The van der Waals surface area contributed by atoms with E-state index in [1.807, 2.05) is 0 Å². The zero-order valence-electron chi connectivity index (χ0n) is 9.17. The van der Waals surface area contributed by atoms with E-state index in [2.05, 4.69) is 19.9 Å². The number of imidazole rings is 1. The van der Waals surface area contributed by atoms with Gasteiger partial charge in [-0.05, 0) is 19.3 Å². The summed E-state index contributed by atoms with van der Waals surface area (Å²) in [5, 5.41) is 0. The van der Waals surface area contributed by atoms with Crippen molar-refractivity contribution in [3.8, 4) is 0 Å². The lowest BCUT2D eigenvalue weighted by Crippen LogP contribution is -2.48. The highest BCUT2D eigenvalue weighted by Gasteiger charge is 2.33. The summed E-state index contributed by atoms with van der Waals surface area (Å²) in [4.78, 5) is 34.3. The molecule has 1 saturated carbocycles. The van der Waals surface area contributed by atoms with Gasteiger partial charge in [-0.1, -0.05) is 0 Å². The SMILES string of the molecule is NC1(Cc2nc3[nH]c(=O)[nH]c(=O)c3[nH]2)CCC1. The molecule has 3 rings (SSSR count). The van der Waals surface area contributed by atoms with E-state index in [4.69, 9.17) is 5.73 Å². The molecule has 90 valence electrons. The number of nitrogens with two attached hydrogens (primary N) is 1. The minimum absolute atomic E-state index is 0.207. The Morgan fingerprint density at radius 3 is 2.65 bits per heavy atom. The van der Waals surface area contributed by atoms with Crippen LogP contribution in [0.5, 0.6) is 0 Å². The topological polar surface area (TPSA) is 120 Å². The van der Waals surface area contributed by atoms with Crippen LogP contribution in [0.1, 0.15) is 25.1 Å². The van der Waals surface area contributed by atoms with Crippen LogP contribution < -0.4 is 17.0 Å². The van der Waals surface area contributed by atoms with Crippen molar-refractivity contribution >= 4 is 11.2 Å². The van der Waals surface area contributed by atoms with Gasteiger partial charge in [-0.15, -0.1) is 0 Å². The number of hydrogen-bond acceptors (Lipinski definition) is 4. The standard InChI is InChI=1S/C10H13N5O2/c11-10(2-1-3-10)4-5-12-6-7(13-5)14-9(17)15-8(6)16/h1-4,11H2,(H3,12,13,14,15,16,17). The zero-order chi connectivity index (χ0) is 12.0. The van der Waals surface area contributed by atoms with E-state index in [9.17, 15) is 9.59 Å². The monoisotopic (exact) mass is 235 g/mol. The second-order valence-corrected chi connectivity index (χ2v) is 4.71. The molecule has 0 amide bonds. The second kappa shape index (κ2) is 3.30. The molecule has 17 heavy (non-hydrogen) atoms. The Balaban J connectivity index is 2.04. The predicted octanol–water partition coefficient (Wildman–Crippen LogP) is -0.637. The van der Waals surface area contributed by atoms with Crippen LogP contribution in [0.2, 0.25) is 0 Å². The fraction of sp³-hybridized carbons (Fsp3) is 0.500. The van der Waals surface area contributed by atoms with Crippen molar-refractivity contribution in [3.63, 3.8) is 0 Å². The highest BCUT2D eigenvalue weighted by molar-refractivity contribution is 5.68. The number of fused-ring (bicyclic) bond motifs is 1. The quantitative estimate of drug-likeness (QED) is 0.553. The van der Waals surface area contributed by atoms with Crippen LogP contribution in [-0.4, -0.2) is 25.5 Å². The highest BCUT2D eigenvalue weighted by Crippen LogP contribution is 2.31. The summed E-state index contributed by atoms with van der Waals surface area (Å²) in [5.74, 6) is 0.648. The van der Waals surface area contributed by atoms with Gasteiger partial charge in [0.1, 0.15) is 11.3 Å². The van der Waals surface area contributed by atoms with Gasteiger partial charge >= 0.3 is 5.69 Å². The Morgan fingerprint density at radius 1 is 1.24 bits per heavy atom. The highest BCUT2D eigenvalue weighted by atomic mass is 16.2. The van der Waals surface area contributed by atoms with Crippen LogP contribution in [-0.2, 0) is 6.42 Å². The predicted molar refractivity (Wildman–Crippen MR) is 61.8 cm³/mol. The molecule has 2 aromatic heterocycles. The first kappa shape index (κ1) is 10.3. The maximum Gasteiger partial charge on any atom is 0.327 e. The largest absolute Gasteiger partial charge is 0.336 e. The third-order valence-corrected chi connectivity index (χ3v) is 3.31. The molecule has 0 saturated heterocycles. The van der Waals surface area contributed by atoms with E-state index in [1.54, 1.807) is 0 Å². The molecule has 0 bridgehead atoms. The van der Waals surface area contributed by atoms with Crippen LogP contribution in [0.15, 0.2) is 9.59 Å². The fourth-order valence-electron chi connectivity index (χ4n) is 2.21. The molecule has 1 aliphatic carbocycles. The minimum Gasteiger partial charge on any atom is -0.336 e. The first-order valence-electron chi connectivity index (χ1n) is 5.56. The molecule has 2 aromatic rings. The number of nitrogens with zero attached hydrogens (tertiary/aromatic N) is 1. The third kappa shape index (κ3) is 1.68. The number of H-pyrrole nitrogens is 3. The van der Waals surface area contributed by atoms with Gasteiger partial charge in [0.05, 0.1) is 0 Å². The number of aromatic nitrogens is 4. The van der Waals surface area contributed by atoms with Crippen molar-refractivity contribution in [1.29, 1.82) is 0 Å². The lowest BCUT2D eigenvalue weighted by Gasteiger charge is -2.37. The molecule has 1 aliphatic rings. The lowest BCUT2D eigenvalue weighted by molar-refractivity contribution is 0.244. The molecule has 2 heterocycles. The molecular weight excluding hydrogens is 222 g/mol. The molecular formula is C10H13N5O2. The molecule has 0 spiro atoms. The van der Waals surface area contributed by atoms with E-state index in [-0.39, 0.29) is 11.2 Å². The summed E-state index contributed by atoms with van der Waals surface area (Å²) in [6.45, 7) is 0. The zero-order valence-corrected chi connectivity index (χ0v) is 9.17. The van der Waals surface area contributed by atoms with Crippen LogP contribution in [0.4, 0.5) is 0 Å². The summed E-state index contributed by atoms with van der Waals surface area (Å²) in [6.07, 6.45) is 3.67. The van der Waals surface area contributed by atoms with Gasteiger partial charge in [0.25, 0.3) is 5.56 Å². The average molecular weight is 235 g/mol. The Labute approximate surface area is 95.5 Å². The smallest absolute Gasteiger partial charge is 0.327 e. The molecule has 0 atom stereocenters. The first-order chi connectivity index (χ1) is 8.06. The van der Waals surface area contributed by atoms with Gasteiger partial charge < -0.3 is 10.7 Å². The maximum atomic E-state index is 11.5. The van der Waals surface area contributed by atoms with Gasteiger partial charge in [0, 0.05) is 12.0 Å². The molecule has 0 unspecified atom stereocenters. The van der Waals surface area contributed by atoms with Crippen molar-refractivity contribution in [1.82, 2.24) is 19.9 Å². The van der Waals surface area contributed by atoms with E-state index in [0.29, 0.717) is 17.8 Å². The van der Waals surface area contributed by atoms with Gasteiger partial charge in [-0.3, -0.25) is 14.8 Å². The number of nitrogens with one attached hydrogen (secondary N) is 3. The summed E-state index contributed by atoms with van der Waals surface area (Å²) >= 11 is 0. The minimum atomic E-state index is -0.549. The Morgan fingerprint density at radius 2 is 2.00 bits per heavy atom. The lowest BCUT2D eigenvalue weighted by atomic mass is 9.75. The van der Waals surface area contributed by atoms with Gasteiger partial charge in [0.15, 0.2) is 5.65 Å². The van der Waals surface area contributed by atoms with Crippen molar-refractivity contribution in [2.75, 3.05) is 0 Å². The Bertz CT molecular complexity index is 676. The molecule has 0 radical (unpaired) electrons. The van der Waals surface area contributed by atoms with E-state index >= 15 is 0 Å². The van der Waals surface area contributed by atoms with Crippen LogP contribution in [0, 0.1) is 0 Å². The molecule has 5 N–H and O–H groups in total. The molecule has 7 nitrogen and oxygen atoms in total. The van der Waals surface area contributed by atoms with Crippen LogP contribution in [0.3, 0.4) is 0 Å². The number of aromatic amines is 3. The maximum absolute atomic E-state index is 11.5. The van der Waals surface area contributed by atoms with Crippen molar-refractivity contribution in [2.24, 2.45) is 5.73 Å². The van der Waals surface area contributed by atoms with E-state index in [1.165, 1.54) is 0 Å². The van der Waals surface area contributed by atoms with Crippen molar-refractivity contribution in [3.05, 3.63) is 26.7 Å². The van der Waals surface area contributed by atoms with Gasteiger partial charge in [0.2, 0.25) is 0 Å². The number of hydrogen-bond donors (Lipinski definition) is 4. The van der Waals surface area contributed by atoms with E-state index < -0.39 is 11.2 Å². The van der Waals surface area contributed by atoms with Crippen LogP contribution >= 0.6 is 0 Å². The molecule has 7 heteroatoms. The fourth-order valence-corrected chi connectivity index (χ4v) is 2.21. The molecule has 1 fully saturated rings. The molecule has 0 aliphatic heterocycles. The Hall–Kier alpha value is -1.89. The third-order valence-electron chi connectivity index (χ3n) is 3.31. The molecule has 0 aromatic carbocycles. The normalized spacial score (nSPS) is 18.2. The van der Waals surface area contributed by atoms with Crippen molar-refractivity contribution < 1.29 is 0 Å². The van der Waals surface area contributed by atoms with Crippen LogP contribution in [0.25, 0.3) is 11.2 Å². The van der Waals surface area contributed by atoms with Gasteiger partial charge in [-0.25, -0.2) is 9.78 Å². The summed E-state index contributed by atoms with van der Waals surface area (Å²) in [6, 6.07) is 0. The van der Waals surface area contributed by atoms with Crippen molar-refractivity contribution in [2.45, 2.75) is 31.2 Å². The summed E-state index contributed by atoms with van der Waals surface area (Å²) < 4.78 is 0. The summed E-state index contributed by atoms with van der Waals surface area (Å²) in [5.41, 5.74) is 5.48. The Kier molecular flexibility index (Phi) is 1.99. The second-order valence-electron chi connectivity index (χ2n) is 4.71. The van der Waals surface area contributed by atoms with E-state index in [0.717, 1.165) is 19.3 Å². The summed E-state index contributed by atoms with van der Waals surface area (Å²) in [7, 11) is 0. The first-order valence-corrected chi connectivity index (χ1v) is 5.56. The number of rotatable bonds is 2. The van der Waals surface area contributed by atoms with Gasteiger partial charge in [-0.2, -0.15) is 0 Å².